The summed E-state index contributed by atoms with van der Waals surface area (Å²) in [4.78, 5) is 30.8. The van der Waals surface area contributed by atoms with Crippen LogP contribution in [0.2, 0.25) is 0 Å². The number of aryl methyl sites for hydroxylation is 1. The molecule has 2 heterocycles. The Kier molecular flexibility index (Phi) is 4.87. The van der Waals surface area contributed by atoms with Crippen LogP contribution in [0.15, 0.2) is 17.3 Å². The van der Waals surface area contributed by atoms with Crippen molar-refractivity contribution < 1.29 is 32.6 Å². The van der Waals surface area contributed by atoms with Gasteiger partial charge in [0.05, 0.1) is 26.5 Å². The summed E-state index contributed by atoms with van der Waals surface area (Å²) in [7, 11) is -0.930. The van der Waals surface area contributed by atoms with Crippen molar-refractivity contribution in [1.82, 2.24) is 19.7 Å². The van der Waals surface area contributed by atoms with Crippen LogP contribution in [0.4, 0.5) is 10.7 Å². The minimum atomic E-state index is -4.73. The summed E-state index contributed by atoms with van der Waals surface area (Å²) in [6, 6.07) is 1.31. The van der Waals surface area contributed by atoms with Crippen LogP contribution < -0.4 is 14.8 Å². The van der Waals surface area contributed by atoms with Crippen molar-refractivity contribution in [3.05, 3.63) is 17.8 Å². The summed E-state index contributed by atoms with van der Waals surface area (Å²) in [6.07, 6.45) is 0.827. The van der Waals surface area contributed by atoms with Gasteiger partial charge >= 0.3 is 11.2 Å². The smallest absolute Gasteiger partial charge is 0.349 e. The molecule has 134 valence electrons. The fourth-order valence-corrected chi connectivity index (χ4v) is 3.03. The fraction of sp³-hybridized carbons (Fsp3) is 0.250. The lowest BCUT2D eigenvalue weighted by atomic mass is 10.4. The number of hydrogen-bond acceptors (Lipinski definition) is 9. The maximum absolute atomic E-state index is 12.4. The van der Waals surface area contributed by atoms with E-state index >= 15 is 0 Å². The van der Waals surface area contributed by atoms with E-state index in [0.717, 1.165) is 10.9 Å². The van der Waals surface area contributed by atoms with Gasteiger partial charge in [0.25, 0.3) is 9.84 Å². The van der Waals surface area contributed by atoms with Crippen LogP contribution in [0.5, 0.6) is 11.8 Å². The minimum Gasteiger partial charge on any atom is -0.481 e. The number of sulfone groups is 1. The van der Waals surface area contributed by atoms with Gasteiger partial charge < -0.3 is 14.6 Å². The van der Waals surface area contributed by atoms with Gasteiger partial charge in [-0.05, 0) is 0 Å². The normalized spacial score (nSPS) is 11.0. The highest BCUT2D eigenvalue weighted by atomic mass is 32.2. The van der Waals surface area contributed by atoms with Crippen molar-refractivity contribution in [1.29, 1.82) is 0 Å². The first kappa shape index (κ1) is 18.1. The third-order valence-electron chi connectivity index (χ3n) is 2.92. The lowest BCUT2D eigenvalue weighted by Crippen LogP contribution is -2.26. The van der Waals surface area contributed by atoms with Gasteiger partial charge in [-0.15, -0.1) is 0 Å². The van der Waals surface area contributed by atoms with Crippen molar-refractivity contribution >= 4 is 27.0 Å². The molecule has 0 fully saturated rings. The van der Waals surface area contributed by atoms with Crippen molar-refractivity contribution in [3.8, 4) is 11.8 Å². The summed E-state index contributed by atoms with van der Waals surface area (Å²) < 4.78 is 35.3. The largest absolute Gasteiger partial charge is 0.481 e. The van der Waals surface area contributed by atoms with Gasteiger partial charge in [-0.3, -0.25) is 14.8 Å². The third-order valence-corrected chi connectivity index (χ3v) is 4.51. The average molecular weight is 371 g/mol. The molecule has 0 saturated carbocycles. The third kappa shape index (κ3) is 3.50. The maximum Gasteiger partial charge on any atom is 0.349 e. The van der Waals surface area contributed by atoms with Crippen LogP contribution in [0.1, 0.15) is 10.4 Å². The molecule has 2 aromatic heterocycles. The molecule has 0 saturated heterocycles. The van der Waals surface area contributed by atoms with Gasteiger partial charge in [-0.1, -0.05) is 0 Å². The monoisotopic (exact) mass is 371 g/mol. The molecular formula is C12H13N5O7S. The molecule has 0 aliphatic rings. The number of amides is 1. The van der Waals surface area contributed by atoms with Crippen LogP contribution in [0.3, 0.4) is 0 Å². The van der Waals surface area contributed by atoms with Gasteiger partial charge in [0.15, 0.2) is 5.03 Å². The van der Waals surface area contributed by atoms with Crippen molar-refractivity contribution in [2.24, 2.45) is 7.05 Å². The van der Waals surface area contributed by atoms with Crippen LogP contribution >= 0.6 is 0 Å². The van der Waals surface area contributed by atoms with E-state index in [0.29, 0.717) is 0 Å². The molecule has 13 heteroatoms. The zero-order chi connectivity index (χ0) is 18.8. The first-order valence-electron chi connectivity index (χ1n) is 6.49. The first-order chi connectivity index (χ1) is 11.7. The van der Waals surface area contributed by atoms with Gasteiger partial charge in [-0.25, -0.2) is 13.2 Å². The molecule has 0 atom stereocenters. The first-order valence-corrected chi connectivity index (χ1v) is 7.97. The van der Waals surface area contributed by atoms with E-state index in [-0.39, 0.29) is 11.8 Å². The van der Waals surface area contributed by atoms with Crippen molar-refractivity contribution in [3.63, 3.8) is 0 Å². The molecule has 0 bridgehead atoms. The number of ether oxygens (including phenoxy) is 2. The van der Waals surface area contributed by atoms with E-state index in [2.05, 4.69) is 15.1 Å². The number of nitrogens with zero attached hydrogens (tertiary/aromatic N) is 4. The second-order valence-corrected chi connectivity index (χ2v) is 6.25. The number of carbonyl (C=O) groups excluding carboxylic acids is 1. The number of carboxylic acids is 1. The average Bonchev–Trinajstić information content (AvgIpc) is 2.96. The SMILES string of the molecule is COc1cc(OC)nc(NC(=O)S(=O)(=O)c2c(C(=O)O)cnn2C)n1. The van der Waals surface area contributed by atoms with E-state index < -0.39 is 37.6 Å². The Balaban J connectivity index is 2.41. The molecule has 2 N–H and O–H groups in total. The Bertz CT molecular complexity index is 915. The topological polar surface area (TPSA) is 163 Å². The molecule has 0 aliphatic carbocycles. The Hall–Kier alpha value is -3.22. The fourth-order valence-electron chi connectivity index (χ4n) is 1.81. The van der Waals surface area contributed by atoms with E-state index in [9.17, 15) is 18.0 Å². The number of rotatable bonds is 5. The van der Waals surface area contributed by atoms with Crippen LogP contribution in [0.25, 0.3) is 0 Å². The summed E-state index contributed by atoms with van der Waals surface area (Å²) >= 11 is 0. The van der Waals surface area contributed by atoms with Crippen LogP contribution in [-0.4, -0.2) is 58.7 Å². The summed E-state index contributed by atoms with van der Waals surface area (Å²) in [6.45, 7) is 0. The van der Waals surface area contributed by atoms with Crippen LogP contribution in [-0.2, 0) is 16.9 Å². The molecule has 2 aromatic rings. The summed E-state index contributed by atoms with van der Waals surface area (Å²) in [5.74, 6) is -1.90. The Labute approximate surface area is 141 Å². The number of nitrogens with one attached hydrogen (secondary N) is 1. The Morgan fingerprint density at radius 2 is 1.76 bits per heavy atom. The number of aromatic nitrogens is 4. The van der Waals surface area contributed by atoms with Gasteiger partial charge in [0.2, 0.25) is 17.7 Å². The minimum absolute atomic E-state index is 0.0197. The number of methoxy groups -OCH3 is 2. The highest BCUT2D eigenvalue weighted by molar-refractivity contribution is 8.06. The van der Waals surface area contributed by atoms with E-state index in [1.807, 2.05) is 5.32 Å². The number of carboxylic acid groups (broad SMARTS) is 1. The van der Waals surface area contributed by atoms with Gasteiger partial charge in [0.1, 0.15) is 5.56 Å². The van der Waals surface area contributed by atoms with E-state index in [1.165, 1.54) is 27.3 Å². The van der Waals surface area contributed by atoms with Gasteiger partial charge in [0, 0.05) is 7.05 Å². The molecule has 0 radical (unpaired) electrons. The quantitative estimate of drug-likeness (QED) is 0.727. The van der Waals surface area contributed by atoms with E-state index in [4.69, 9.17) is 14.6 Å². The number of carbonyl (C=O) groups is 2. The summed E-state index contributed by atoms with van der Waals surface area (Å²) in [5.41, 5.74) is -0.637. The number of hydrogen-bond donors (Lipinski definition) is 2. The second kappa shape index (κ2) is 6.72. The Morgan fingerprint density at radius 1 is 1.20 bits per heavy atom. The molecule has 2 rings (SSSR count). The highest BCUT2D eigenvalue weighted by Gasteiger charge is 2.34. The van der Waals surface area contributed by atoms with Crippen molar-refractivity contribution in [2.45, 2.75) is 5.03 Å². The summed E-state index contributed by atoms with van der Waals surface area (Å²) in [5, 5.41) is 12.3. The predicted octanol–water partition coefficient (Wildman–Crippen LogP) is -0.0687. The standard InChI is InChI=1S/C12H13N5O7S/c1-17-9(6(5-13-17)10(18)19)25(21,22)12(20)16-11-14-7(23-2)4-8(15-11)24-3/h4-5H,1-3H3,(H,18,19)(H,14,15,16,20). The molecule has 12 nitrogen and oxygen atoms in total. The number of aromatic carboxylic acids is 1. The lowest BCUT2D eigenvalue weighted by Gasteiger charge is -2.08. The maximum atomic E-state index is 12.4. The molecular weight excluding hydrogens is 358 g/mol. The van der Waals surface area contributed by atoms with Gasteiger partial charge in [-0.2, -0.15) is 15.1 Å². The molecule has 0 aromatic carbocycles. The Morgan fingerprint density at radius 3 is 2.24 bits per heavy atom. The molecule has 25 heavy (non-hydrogen) atoms. The zero-order valence-electron chi connectivity index (χ0n) is 13.2. The molecule has 0 spiro atoms. The molecule has 0 unspecified atom stereocenters. The number of anilines is 1. The lowest BCUT2D eigenvalue weighted by molar-refractivity contribution is 0.0692. The van der Waals surface area contributed by atoms with Crippen molar-refractivity contribution in [2.75, 3.05) is 19.5 Å². The second-order valence-electron chi connectivity index (χ2n) is 4.48. The van der Waals surface area contributed by atoms with E-state index in [1.54, 1.807) is 0 Å². The van der Waals surface area contributed by atoms with Crippen LogP contribution in [0, 0.1) is 0 Å². The molecule has 1 amide bonds. The zero-order valence-corrected chi connectivity index (χ0v) is 14.1. The predicted molar refractivity (Wildman–Crippen MR) is 81.5 cm³/mol. The molecule has 0 aliphatic heterocycles. The highest BCUT2D eigenvalue weighted by Crippen LogP contribution is 2.21.